The lowest BCUT2D eigenvalue weighted by Crippen LogP contribution is -2.29. The summed E-state index contributed by atoms with van der Waals surface area (Å²) in [6.45, 7) is 0. The first kappa shape index (κ1) is 10.6. The first-order valence-corrected chi connectivity index (χ1v) is 7.39. The monoisotopic (exact) mass is 241 g/mol. The Balaban J connectivity index is 3.06. The number of nitrogens with one attached hydrogen (secondary N) is 1. The van der Waals surface area contributed by atoms with E-state index >= 15 is 0 Å². The van der Waals surface area contributed by atoms with Crippen molar-refractivity contribution >= 4 is 31.4 Å². The fraction of sp³-hybridized carbons (Fsp3) is 0.200. The third kappa shape index (κ3) is 3.07. The van der Waals surface area contributed by atoms with Gasteiger partial charge in [0.1, 0.15) is 0 Å². The minimum Gasteiger partial charge on any atom is -0.212 e. The lowest BCUT2D eigenvalue weighted by atomic mass is 10.7. The third-order valence-corrected chi connectivity index (χ3v) is 4.86. The number of sulfonamides is 2. The Labute approximate surface area is 80.5 Å². The van der Waals surface area contributed by atoms with Gasteiger partial charge in [0, 0.05) is 5.38 Å². The van der Waals surface area contributed by atoms with Crippen LogP contribution in [0.3, 0.4) is 0 Å². The van der Waals surface area contributed by atoms with Crippen molar-refractivity contribution in [2.24, 2.45) is 0 Å². The predicted octanol–water partition coefficient (Wildman–Crippen LogP) is -0.0140. The molecule has 0 radical (unpaired) electrons. The van der Waals surface area contributed by atoms with Crippen LogP contribution in [0.2, 0.25) is 0 Å². The van der Waals surface area contributed by atoms with Gasteiger partial charge in [-0.2, -0.15) is 11.3 Å². The van der Waals surface area contributed by atoms with Crippen LogP contribution in [0.25, 0.3) is 0 Å². The molecule has 0 atom stereocenters. The molecule has 8 heteroatoms. The molecule has 0 fully saturated rings. The molecule has 0 unspecified atom stereocenters. The summed E-state index contributed by atoms with van der Waals surface area (Å²) in [6.07, 6.45) is 0.789. The Hall–Kier alpha value is -0.440. The number of hydrogen-bond donors (Lipinski definition) is 1. The van der Waals surface area contributed by atoms with E-state index in [0.29, 0.717) is 0 Å². The molecule has 0 saturated heterocycles. The van der Waals surface area contributed by atoms with Gasteiger partial charge >= 0.3 is 0 Å². The Bertz CT molecular complexity index is 470. The van der Waals surface area contributed by atoms with E-state index in [0.717, 1.165) is 6.26 Å². The average Bonchev–Trinajstić information content (AvgIpc) is 2.29. The van der Waals surface area contributed by atoms with Gasteiger partial charge in [-0.1, -0.05) is 0 Å². The van der Waals surface area contributed by atoms with E-state index in [1.54, 1.807) is 9.51 Å². The topological polar surface area (TPSA) is 80.3 Å². The number of hydrogen-bond acceptors (Lipinski definition) is 5. The molecule has 1 heterocycles. The van der Waals surface area contributed by atoms with E-state index in [-0.39, 0.29) is 4.90 Å². The van der Waals surface area contributed by atoms with E-state index in [9.17, 15) is 16.8 Å². The van der Waals surface area contributed by atoms with Gasteiger partial charge in [0.15, 0.2) is 0 Å². The maximum absolute atomic E-state index is 11.2. The second kappa shape index (κ2) is 3.37. The van der Waals surface area contributed by atoms with Gasteiger partial charge in [-0.25, -0.2) is 16.8 Å². The molecule has 13 heavy (non-hydrogen) atoms. The second-order valence-electron chi connectivity index (χ2n) is 2.32. The summed E-state index contributed by atoms with van der Waals surface area (Å²) < 4.78 is 45.3. The molecule has 0 amide bonds. The van der Waals surface area contributed by atoms with Gasteiger partial charge in [0.2, 0.25) is 10.0 Å². The highest BCUT2D eigenvalue weighted by molar-refractivity contribution is 8.04. The van der Waals surface area contributed by atoms with E-state index in [1.165, 1.54) is 22.8 Å². The summed E-state index contributed by atoms with van der Waals surface area (Å²) in [6, 6.07) is 1.33. The van der Waals surface area contributed by atoms with E-state index in [1.807, 2.05) is 0 Å². The van der Waals surface area contributed by atoms with E-state index in [4.69, 9.17) is 0 Å². The van der Waals surface area contributed by atoms with Gasteiger partial charge < -0.3 is 0 Å². The molecule has 1 aromatic rings. The van der Waals surface area contributed by atoms with Gasteiger partial charge in [-0.15, -0.1) is 4.13 Å². The summed E-state index contributed by atoms with van der Waals surface area (Å²) in [5, 5.41) is 2.91. The molecule has 0 bridgehead atoms. The van der Waals surface area contributed by atoms with Crippen LogP contribution in [0, 0.1) is 0 Å². The van der Waals surface area contributed by atoms with Crippen molar-refractivity contribution in [3.63, 3.8) is 0 Å². The standard InChI is InChI=1S/C5H7NO4S3/c1-12(7,8)6-13(9,10)5-2-3-11-4-5/h2-4,6H,1H3. The second-order valence-corrected chi connectivity index (χ2v) is 6.79. The maximum Gasteiger partial charge on any atom is 0.254 e. The van der Waals surface area contributed by atoms with Crippen molar-refractivity contribution in [3.8, 4) is 0 Å². The van der Waals surface area contributed by atoms with Crippen LogP contribution in [-0.2, 0) is 20.0 Å². The molecule has 1 aromatic heterocycles. The van der Waals surface area contributed by atoms with E-state index < -0.39 is 20.0 Å². The van der Waals surface area contributed by atoms with Crippen LogP contribution < -0.4 is 4.13 Å². The Kier molecular flexibility index (Phi) is 2.76. The van der Waals surface area contributed by atoms with Gasteiger partial charge in [-0.3, -0.25) is 0 Å². The first-order valence-electron chi connectivity index (χ1n) is 3.07. The lowest BCUT2D eigenvalue weighted by Gasteiger charge is -2.00. The first-order chi connectivity index (χ1) is 5.81. The molecule has 0 aliphatic carbocycles. The minimum absolute atomic E-state index is 0.0390. The molecule has 0 spiro atoms. The van der Waals surface area contributed by atoms with Gasteiger partial charge in [-0.05, 0) is 11.4 Å². The van der Waals surface area contributed by atoms with Gasteiger partial charge in [0.05, 0.1) is 11.2 Å². The molecule has 1 N–H and O–H groups in total. The molecular formula is C5H7NO4S3. The molecule has 5 nitrogen and oxygen atoms in total. The summed E-state index contributed by atoms with van der Waals surface area (Å²) in [5.74, 6) is 0. The molecule has 1 rings (SSSR count). The molecule has 0 aliphatic rings. The smallest absolute Gasteiger partial charge is 0.212 e. The van der Waals surface area contributed by atoms with Crippen LogP contribution in [0.1, 0.15) is 0 Å². The minimum atomic E-state index is -3.90. The highest BCUT2D eigenvalue weighted by Crippen LogP contribution is 2.12. The zero-order chi connectivity index (χ0) is 10.1. The Morgan fingerprint density at radius 2 is 1.92 bits per heavy atom. The predicted molar refractivity (Wildman–Crippen MR) is 49.5 cm³/mol. The van der Waals surface area contributed by atoms with Crippen molar-refractivity contribution in [2.45, 2.75) is 4.90 Å². The zero-order valence-corrected chi connectivity index (χ0v) is 9.04. The molecule has 0 aliphatic heterocycles. The summed E-state index contributed by atoms with van der Waals surface area (Å²) in [4.78, 5) is -0.0390. The van der Waals surface area contributed by atoms with E-state index in [2.05, 4.69) is 0 Å². The SMILES string of the molecule is CS(=O)(=O)NS(=O)(=O)c1ccsc1. The largest absolute Gasteiger partial charge is 0.254 e. The van der Waals surface area contributed by atoms with Crippen LogP contribution in [-0.4, -0.2) is 23.1 Å². The van der Waals surface area contributed by atoms with Crippen LogP contribution in [0.4, 0.5) is 0 Å². The highest BCUT2D eigenvalue weighted by Gasteiger charge is 2.18. The van der Waals surface area contributed by atoms with Crippen molar-refractivity contribution < 1.29 is 16.8 Å². The maximum atomic E-state index is 11.2. The molecule has 0 aromatic carbocycles. The van der Waals surface area contributed by atoms with Crippen molar-refractivity contribution in [3.05, 3.63) is 16.8 Å². The summed E-state index contributed by atoms with van der Waals surface area (Å²) in [7, 11) is -7.64. The number of thiophene rings is 1. The summed E-state index contributed by atoms with van der Waals surface area (Å²) >= 11 is 1.18. The van der Waals surface area contributed by atoms with Crippen LogP contribution in [0.5, 0.6) is 0 Å². The fourth-order valence-corrected chi connectivity index (χ4v) is 4.15. The molecule has 74 valence electrons. The third-order valence-electron chi connectivity index (χ3n) is 1.07. The molecular weight excluding hydrogens is 234 g/mol. The lowest BCUT2D eigenvalue weighted by molar-refractivity contribution is 0.580. The molecule has 0 saturated carbocycles. The zero-order valence-electron chi connectivity index (χ0n) is 6.59. The van der Waals surface area contributed by atoms with Crippen molar-refractivity contribution in [2.75, 3.05) is 6.26 Å². The van der Waals surface area contributed by atoms with Crippen molar-refractivity contribution in [1.29, 1.82) is 0 Å². The van der Waals surface area contributed by atoms with Gasteiger partial charge in [0.25, 0.3) is 10.0 Å². The summed E-state index contributed by atoms with van der Waals surface area (Å²) in [5.41, 5.74) is 0. The fourth-order valence-electron chi connectivity index (χ4n) is 0.652. The van der Waals surface area contributed by atoms with Crippen LogP contribution in [0.15, 0.2) is 21.7 Å². The quantitative estimate of drug-likeness (QED) is 0.807. The number of rotatable bonds is 3. The Morgan fingerprint density at radius 3 is 2.31 bits per heavy atom. The van der Waals surface area contributed by atoms with Crippen molar-refractivity contribution in [1.82, 2.24) is 4.13 Å². The highest BCUT2D eigenvalue weighted by atomic mass is 32.3. The van der Waals surface area contributed by atoms with Crippen LogP contribution >= 0.6 is 11.3 Å². The normalized spacial score (nSPS) is 13.0. The average molecular weight is 241 g/mol. The Morgan fingerprint density at radius 1 is 1.31 bits per heavy atom.